The summed E-state index contributed by atoms with van der Waals surface area (Å²) in [5.74, 6) is 0.531. The van der Waals surface area contributed by atoms with Crippen LogP contribution in [0, 0.1) is 6.92 Å². The lowest BCUT2D eigenvalue weighted by Gasteiger charge is -2.15. The van der Waals surface area contributed by atoms with Crippen molar-refractivity contribution >= 4 is 39.2 Å². The van der Waals surface area contributed by atoms with E-state index >= 15 is 0 Å². The minimum absolute atomic E-state index is 0.0371. The summed E-state index contributed by atoms with van der Waals surface area (Å²) in [7, 11) is 1.61. The van der Waals surface area contributed by atoms with E-state index in [1.165, 1.54) is 4.90 Å². The standard InChI is InChI=1S/C17H18N4O3S/c1-11-9-14(20-24-11)19-15(22)10-21(2)17(23)8-7-16-18-12-5-3-4-6-13(12)25-16/h3-6,9H,7-8,10H2,1-2H3,(H,19,20,22). The van der Waals surface area contributed by atoms with Crippen LogP contribution >= 0.6 is 11.3 Å². The maximum Gasteiger partial charge on any atom is 0.245 e. The molecule has 0 unspecified atom stereocenters. The van der Waals surface area contributed by atoms with E-state index in [1.54, 1.807) is 31.4 Å². The van der Waals surface area contributed by atoms with Crippen molar-refractivity contribution in [2.45, 2.75) is 19.8 Å². The molecule has 0 aliphatic heterocycles. The zero-order chi connectivity index (χ0) is 17.8. The van der Waals surface area contributed by atoms with Gasteiger partial charge in [0.05, 0.1) is 21.8 Å². The molecule has 0 saturated heterocycles. The van der Waals surface area contributed by atoms with E-state index in [4.69, 9.17) is 4.52 Å². The van der Waals surface area contributed by atoms with Gasteiger partial charge in [-0.25, -0.2) is 4.98 Å². The molecule has 1 aromatic carbocycles. The fraction of sp³-hybridized carbons (Fsp3) is 0.294. The van der Waals surface area contributed by atoms with Crippen molar-refractivity contribution in [3.63, 3.8) is 0 Å². The molecule has 2 heterocycles. The van der Waals surface area contributed by atoms with Gasteiger partial charge < -0.3 is 14.7 Å². The minimum atomic E-state index is -0.316. The Bertz CT molecular complexity index is 869. The van der Waals surface area contributed by atoms with Gasteiger partial charge in [0, 0.05) is 26.0 Å². The van der Waals surface area contributed by atoms with Crippen LogP contribution in [-0.2, 0) is 16.0 Å². The zero-order valence-corrected chi connectivity index (χ0v) is 14.8. The monoisotopic (exact) mass is 358 g/mol. The molecule has 3 aromatic rings. The number of nitrogens with one attached hydrogen (secondary N) is 1. The Labute approximate surface area is 148 Å². The third-order valence-electron chi connectivity index (χ3n) is 3.59. The van der Waals surface area contributed by atoms with E-state index in [0.29, 0.717) is 24.4 Å². The number of aromatic nitrogens is 2. The second-order valence-electron chi connectivity index (χ2n) is 5.70. The van der Waals surface area contributed by atoms with Crippen molar-refractivity contribution in [2.75, 3.05) is 18.9 Å². The largest absolute Gasteiger partial charge is 0.360 e. The second-order valence-corrected chi connectivity index (χ2v) is 6.81. The van der Waals surface area contributed by atoms with Crippen LogP contribution in [0.25, 0.3) is 10.2 Å². The molecule has 1 N–H and O–H groups in total. The molecule has 0 aliphatic rings. The van der Waals surface area contributed by atoms with Crippen molar-refractivity contribution in [3.8, 4) is 0 Å². The first kappa shape index (κ1) is 17.1. The van der Waals surface area contributed by atoms with Gasteiger partial charge in [0.2, 0.25) is 11.8 Å². The van der Waals surface area contributed by atoms with Gasteiger partial charge in [0.25, 0.3) is 0 Å². The Morgan fingerprint density at radius 1 is 1.32 bits per heavy atom. The SMILES string of the molecule is Cc1cc(NC(=O)CN(C)C(=O)CCc2nc3ccccc3s2)no1. The van der Waals surface area contributed by atoms with Crippen LogP contribution in [0.1, 0.15) is 17.2 Å². The van der Waals surface area contributed by atoms with Crippen molar-refractivity contribution in [1.82, 2.24) is 15.0 Å². The normalized spacial score (nSPS) is 10.8. The summed E-state index contributed by atoms with van der Waals surface area (Å²) in [6.45, 7) is 1.70. The van der Waals surface area contributed by atoms with E-state index < -0.39 is 0 Å². The average Bonchev–Trinajstić information content (AvgIpc) is 3.17. The van der Waals surface area contributed by atoms with Crippen molar-refractivity contribution in [3.05, 3.63) is 41.1 Å². The first-order valence-electron chi connectivity index (χ1n) is 7.83. The molecule has 0 radical (unpaired) electrons. The number of anilines is 1. The molecule has 0 atom stereocenters. The van der Waals surface area contributed by atoms with Gasteiger partial charge in [-0.1, -0.05) is 17.3 Å². The van der Waals surface area contributed by atoms with Gasteiger partial charge in [0.15, 0.2) is 5.82 Å². The number of hydrogen-bond acceptors (Lipinski definition) is 6. The third-order valence-corrected chi connectivity index (χ3v) is 4.69. The second kappa shape index (κ2) is 7.43. The molecule has 7 nitrogen and oxygen atoms in total. The van der Waals surface area contributed by atoms with Crippen LogP contribution in [0.4, 0.5) is 5.82 Å². The Balaban J connectivity index is 1.49. The van der Waals surface area contributed by atoms with Gasteiger partial charge in [-0.15, -0.1) is 11.3 Å². The summed E-state index contributed by atoms with van der Waals surface area (Å²) in [5, 5.41) is 7.20. The molecule has 0 saturated carbocycles. The van der Waals surface area contributed by atoms with Crippen molar-refractivity contribution in [2.24, 2.45) is 0 Å². The number of carbonyl (C=O) groups is 2. The quantitative estimate of drug-likeness (QED) is 0.732. The molecule has 0 bridgehead atoms. The molecular formula is C17H18N4O3S. The molecule has 130 valence electrons. The van der Waals surface area contributed by atoms with E-state index in [0.717, 1.165) is 15.2 Å². The summed E-state index contributed by atoms with van der Waals surface area (Å²) in [5.41, 5.74) is 0.950. The smallest absolute Gasteiger partial charge is 0.245 e. The average molecular weight is 358 g/mol. The van der Waals surface area contributed by atoms with Crippen molar-refractivity contribution < 1.29 is 14.1 Å². The number of aryl methyl sites for hydroxylation is 2. The van der Waals surface area contributed by atoms with Crippen LogP contribution in [0.3, 0.4) is 0 Å². The van der Waals surface area contributed by atoms with Crippen LogP contribution in [0.5, 0.6) is 0 Å². The van der Waals surface area contributed by atoms with E-state index in [-0.39, 0.29) is 18.4 Å². The first-order valence-corrected chi connectivity index (χ1v) is 8.64. The molecule has 8 heteroatoms. The first-order chi connectivity index (χ1) is 12.0. The summed E-state index contributed by atoms with van der Waals surface area (Å²) in [6, 6.07) is 9.50. The highest BCUT2D eigenvalue weighted by Crippen LogP contribution is 2.22. The highest BCUT2D eigenvalue weighted by Gasteiger charge is 2.15. The lowest BCUT2D eigenvalue weighted by Crippen LogP contribution is -2.35. The van der Waals surface area contributed by atoms with Gasteiger partial charge in [-0.05, 0) is 19.1 Å². The molecule has 0 spiro atoms. The molecule has 25 heavy (non-hydrogen) atoms. The van der Waals surface area contributed by atoms with E-state index in [2.05, 4.69) is 15.5 Å². The lowest BCUT2D eigenvalue weighted by atomic mass is 10.3. The number of carbonyl (C=O) groups excluding carboxylic acids is 2. The van der Waals surface area contributed by atoms with Crippen LogP contribution in [0.2, 0.25) is 0 Å². The predicted molar refractivity (Wildman–Crippen MR) is 95.4 cm³/mol. The van der Waals surface area contributed by atoms with Gasteiger partial charge in [-0.3, -0.25) is 9.59 Å². The Morgan fingerprint density at radius 2 is 2.12 bits per heavy atom. The van der Waals surface area contributed by atoms with E-state index in [9.17, 15) is 9.59 Å². The fourth-order valence-corrected chi connectivity index (χ4v) is 3.31. The van der Waals surface area contributed by atoms with Crippen molar-refractivity contribution in [1.29, 1.82) is 0 Å². The Hall–Kier alpha value is -2.74. The summed E-state index contributed by atoms with van der Waals surface area (Å²) in [4.78, 5) is 30.1. The van der Waals surface area contributed by atoms with Gasteiger partial charge >= 0.3 is 0 Å². The number of thiazole rings is 1. The lowest BCUT2D eigenvalue weighted by molar-refractivity contribution is -0.133. The number of likely N-dealkylation sites (N-methyl/N-ethyl adjacent to an activating group) is 1. The number of amides is 2. The third kappa shape index (κ3) is 4.42. The van der Waals surface area contributed by atoms with Gasteiger partial charge in [0.1, 0.15) is 5.76 Å². The van der Waals surface area contributed by atoms with E-state index in [1.807, 2.05) is 24.3 Å². The number of benzene rings is 1. The number of hydrogen-bond donors (Lipinski definition) is 1. The molecule has 0 aliphatic carbocycles. The van der Waals surface area contributed by atoms with Crippen LogP contribution < -0.4 is 5.32 Å². The maximum atomic E-state index is 12.2. The van der Waals surface area contributed by atoms with Crippen LogP contribution in [0.15, 0.2) is 34.9 Å². The topological polar surface area (TPSA) is 88.3 Å². The number of rotatable bonds is 6. The maximum absolute atomic E-state index is 12.2. The summed E-state index contributed by atoms with van der Waals surface area (Å²) < 4.78 is 5.99. The Morgan fingerprint density at radius 3 is 2.84 bits per heavy atom. The van der Waals surface area contributed by atoms with Gasteiger partial charge in [-0.2, -0.15) is 0 Å². The molecule has 0 fully saturated rings. The number of nitrogens with zero attached hydrogens (tertiary/aromatic N) is 3. The molecule has 2 amide bonds. The summed E-state index contributed by atoms with van der Waals surface area (Å²) >= 11 is 1.59. The minimum Gasteiger partial charge on any atom is -0.360 e. The van der Waals surface area contributed by atoms with Crippen LogP contribution in [-0.4, -0.2) is 40.4 Å². The molecule has 3 rings (SSSR count). The highest BCUT2D eigenvalue weighted by atomic mass is 32.1. The zero-order valence-electron chi connectivity index (χ0n) is 14.0. The summed E-state index contributed by atoms with van der Waals surface area (Å²) in [6.07, 6.45) is 0.874. The number of fused-ring (bicyclic) bond motifs is 1. The Kier molecular flexibility index (Phi) is 5.08. The number of para-hydroxylation sites is 1. The molecular weight excluding hydrogens is 340 g/mol. The molecule has 2 aromatic heterocycles. The highest BCUT2D eigenvalue weighted by molar-refractivity contribution is 7.18. The fourth-order valence-electron chi connectivity index (χ4n) is 2.34. The predicted octanol–water partition coefficient (Wildman–Crippen LogP) is 2.62.